The number of furan rings is 2. The summed E-state index contributed by atoms with van der Waals surface area (Å²) in [6, 6.07) is 36.2. The van der Waals surface area contributed by atoms with Crippen molar-refractivity contribution in [2.75, 3.05) is 0 Å². The van der Waals surface area contributed by atoms with Crippen molar-refractivity contribution in [1.29, 1.82) is 0 Å². The molecule has 0 spiro atoms. The highest BCUT2D eigenvalue weighted by molar-refractivity contribution is 6.34. The molecule has 180 valence electrons. The Kier molecular flexibility index (Phi) is 3.41. The van der Waals surface area contributed by atoms with E-state index in [2.05, 4.69) is 89.5 Å². The van der Waals surface area contributed by atoms with E-state index in [4.69, 9.17) is 13.8 Å². The fourth-order valence-electron chi connectivity index (χ4n) is 6.79. The lowest BCUT2D eigenvalue weighted by atomic mass is 9.94. The lowest BCUT2D eigenvalue weighted by Gasteiger charge is -2.12. The molecule has 0 unspecified atom stereocenters. The molecule has 6 aromatic carbocycles. The average Bonchev–Trinajstić information content (AvgIpc) is 3.65. The van der Waals surface area contributed by atoms with E-state index in [0.717, 1.165) is 60.7 Å². The molecule has 0 radical (unpaired) electrons. The zero-order valence-electron chi connectivity index (χ0n) is 20.6. The Morgan fingerprint density at radius 3 is 2.15 bits per heavy atom. The van der Waals surface area contributed by atoms with Gasteiger partial charge in [-0.2, -0.15) is 0 Å². The van der Waals surface area contributed by atoms with Crippen LogP contribution in [0.2, 0.25) is 0 Å². The lowest BCUT2D eigenvalue weighted by Crippen LogP contribution is -1.95. The van der Waals surface area contributed by atoms with Gasteiger partial charge in [0.25, 0.3) is 0 Å². The van der Waals surface area contributed by atoms with E-state index in [1.54, 1.807) is 0 Å². The van der Waals surface area contributed by atoms with Crippen molar-refractivity contribution >= 4 is 87.4 Å². The van der Waals surface area contributed by atoms with Crippen LogP contribution in [-0.2, 0) is 0 Å². The summed E-state index contributed by atoms with van der Waals surface area (Å²) in [4.78, 5) is 4.82. The molecule has 4 heteroatoms. The van der Waals surface area contributed by atoms with Gasteiger partial charge in [-0.1, -0.05) is 60.7 Å². The van der Waals surface area contributed by atoms with Crippen LogP contribution in [0.25, 0.3) is 93.0 Å². The fourth-order valence-corrected chi connectivity index (χ4v) is 6.79. The van der Waals surface area contributed by atoms with Gasteiger partial charge in [-0.15, -0.1) is 0 Å². The van der Waals surface area contributed by atoms with Crippen molar-refractivity contribution in [2.45, 2.75) is 0 Å². The Bertz CT molecular complexity index is 2610. The zero-order valence-corrected chi connectivity index (χ0v) is 20.6. The molecule has 0 amide bonds. The Balaban J connectivity index is 1.42. The Labute approximate surface area is 220 Å². The number of aromatic nitrogens is 2. The molecular formula is C35H18N2O2. The van der Waals surface area contributed by atoms with E-state index in [-0.39, 0.29) is 0 Å². The fraction of sp³-hybridized carbons (Fsp3) is 0. The van der Waals surface area contributed by atoms with Crippen molar-refractivity contribution < 1.29 is 8.83 Å². The molecule has 4 nitrogen and oxygen atoms in total. The first-order chi connectivity index (χ1) is 19.3. The predicted octanol–water partition coefficient (Wildman–Crippen LogP) is 9.72. The number of hydrogen-bond donors (Lipinski definition) is 0. The van der Waals surface area contributed by atoms with Crippen molar-refractivity contribution in [2.24, 2.45) is 0 Å². The van der Waals surface area contributed by atoms with Crippen LogP contribution in [0.3, 0.4) is 0 Å². The SMILES string of the molecule is c1ccc2c(c1)oc1cc3c4ncccc4n(-c4ccc5c6ccccc6c6cccc7oc4c5c76)c3cc12. The lowest BCUT2D eigenvalue weighted by molar-refractivity contribution is 0.667. The number of nitrogens with zero attached hydrogens (tertiary/aromatic N) is 2. The van der Waals surface area contributed by atoms with Gasteiger partial charge in [-0.3, -0.25) is 4.98 Å². The van der Waals surface area contributed by atoms with Gasteiger partial charge in [-0.25, -0.2) is 0 Å². The van der Waals surface area contributed by atoms with E-state index in [0.29, 0.717) is 0 Å². The van der Waals surface area contributed by atoms with E-state index in [9.17, 15) is 0 Å². The van der Waals surface area contributed by atoms with Gasteiger partial charge in [-0.05, 0) is 64.0 Å². The smallest absolute Gasteiger partial charge is 0.160 e. The molecule has 4 heterocycles. The van der Waals surface area contributed by atoms with Gasteiger partial charge in [0.15, 0.2) is 5.58 Å². The highest BCUT2D eigenvalue weighted by atomic mass is 16.3. The normalized spacial score (nSPS) is 12.6. The Hall–Kier alpha value is -5.35. The van der Waals surface area contributed by atoms with Gasteiger partial charge < -0.3 is 13.4 Å². The number of rotatable bonds is 1. The standard InChI is InChI=1S/C35H18N2O2/c1-2-8-20-19(7-1)22-10-5-13-30-32(22)33-23(20)14-15-27(35(33)39-30)37-26-11-6-16-36-34(26)25-18-31-24(17-28(25)37)21-9-3-4-12-29(21)38-31/h1-18H. The second-order valence-electron chi connectivity index (χ2n) is 10.3. The van der Waals surface area contributed by atoms with Gasteiger partial charge in [0.05, 0.1) is 22.2 Å². The molecule has 10 aromatic rings. The first-order valence-corrected chi connectivity index (χ1v) is 13.1. The van der Waals surface area contributed by atoms with Crippen LogP contribution in [0, 0.1) is 0 Å². The summed E-state index contributed by atoms with van der Waals surface area (Å²) >= 11 is 0. The summed E-state index contributed by atoms with van der Waals surface area (Å²) in [6.07, 6.45) is 1.86. The highest BCUT2D eigenvalue weighted by Crippen LogP contribution is 2.46. The first kappa shape index (κ1) is 19.7. The zero-order chi connectivity index (χ0) is 25.2. The third-order valence-corrected chi connectivity index (χ3v) is 8.39. The third-order valence-electron chi connectivity index (χ3n) is 8.39. The number of pyridine rings is 1. The monoisotopic (exact) mass is 498 g/mol. The summed E-state index contributed by atoms with van der Waals surface area (Å²) in [5.74, 6) is 0. The summed E-state index contributed by atoms with van der Waals surface area (Å²) in [6.45, 7) is 0. The number of benzene rings is 6. The summed E-state index contributed by atoms with van der Waals surface area (Å²) < 4.78 is 15.3. The molecule has 0 saturated heterocycles. The van der Waals surface area contributed by atoms with E-state index >= 15 is 0 Å². The van der Waals surface area contributed by atoms with Crippen LogP contribution >= 0.6 is 0 Å². The molecule has 0 N–H and O–H groups in total. The maximum atomic E-state index is 6.72. The van der Waals surface area contributed by atoms with E-state index in [1.807, 2.05) is 24.4 Å². The average molecular weight is 499 g/mol. The van der Waals surface area contributed by atoms with Crippen molar-refractivity contribution in [3.8, 4) is 5.69 Å². The highest BCUT2D eigenvalue weighted by Gasteiger charge is 2.23. The molecule has 0 atom stereocenters. The van der Waals surface area contributed by atoms with Gasteiger partial charge >= 0.3 is 0 Å². The third kappa shape index (κ3) is 2.33. The maximum Gasteiger partial charge on any atom is 0.160 e. The summed E-state index contributed by atoms with van der Waals surface area (Å²) in [5, 5.41) is 10.5. The molecule has 0 fully saturated rings. The van der Waals surface area contributed by atoms with Crippen molar-refractivity contribution in [3.05, 3.63) is 109 Å². The van der Waals surface area contributed by atoms with Gasteiger partial charge in [0, 0.05) is 33.1 Å². The quantitative estimate of drug-likeness (QED) is 0.212. The molecular weight excluding hydrogens is 480 g/mol. The largest absolute Gasteiger partial charge is 0.456 e. The first-order valence-electron chi connectivity index (χ1n) is 13.1. The number of para-hydroxylation sites is 1. The molecule has 0 aliphatic carbocycles. The van der Waals surface area contributed by atoms with Gasteiger partial charge in [0.2, 0.25) is 0 Å². The minimum Gasteiger partial charge on any atom is -0.456 e. The van der Waals surface area contributed by atoms with Crippen LogP contribution < -0.4 is 0 Å². The molecule has 0 aliphatic rings. The van der Waals surface area contributed by atoms with Crippen LogP contribution in [0.1, 0.15) is 0 Å². The second kappa shape index (κ2) is 6.74. The van der Waals surface area contributed by atoms with Crippen molar-refractivity contribution in [1.82, 2.24) is 9.55 Å². The molecule has 0 bridgehead atoms. The molecule has 0 aliphatic heterocycles. The number of hydrogen-bond acceptors (Lipinski definition) is 3. The minimum absolute atomic E-state index is 0.869. The van der Waals surface area contributed by atoms with Crippen LogP contribution in [-0.4, -0.2) is 9.55 Å². The Morgan fingerprint density at radius 2 is 1.26 bits per heavy atom. The topological polar surface area (TPSA) is 44.1 Å². The van der Waals surface area contributed by atoms with Crippen molar-refractivity contribution in [3.63, 3.8) is 0 Å². The van der Waals surface area contributed by atoms with Crippen LogP contribution in [0.5, 0.6) is 0 Å². The molecule has 10 rings (SSSR count). The molecule has 39 heavy (non-hydrogen) atoms. The maximum absolute atomic E-state index is 6.72. The van der Waals surface area contributed by atoms with Crippen LogP contribution in [0.15, 0.2) is 118 Å². The molecule has 4 aromatic heterocycles. The van der Waals surface area contributed by atoms with Gasteiger partial charge in [0.1, 0.15) is 16.7 Å². The predicted molar refractivity (Wildman–Crippen MR) is 159 cm³/mol. The van der Waals surface area contributed by atoms with E-state index in [1.165, 1.54) is 32.3 Å². The minimum atomic E-state index is 0.869. The van der Waals surface area contributed by atoms with E-state index < -0.39 is 0 Å². The second-order valence-corrected chi connectivity index (χ2v) is 10.3. The van der Waals surface area contributed by atoms with Crippen LogP contribution in [0.4, 0.5) is 0 Å². The molecule has 0 saturated carbocycles. The number of fused-ring (bicyclic) bond motifs is 9. The summed E-state index contributed by atoms with van der Waals surface area (Å²) in [5.41, 5.74) is 7.63. The Morgan fingerprint density at radius 1 is 0.487 bits per heavy atom. The summed E-state index contributed by atoms with van der Waals surface area (Å²) in [7, 11) is 0.